The molecule has 82 valence electrons. The molecule has 0 fully saturated rings. The second-order valence-electron chi connectivity index (χ2n) is 4.76. The first-order valence-corrected chi connectivity index (χ1v) is 5.62. The van der Waals surface area contributed by atoms with E-state index in [0.29, 0.717) is 17.8 Å². The van der Waals surface area contributed by atoms with Gasteiger partial charge in [-0.25, -0.2) is 0 Å². The molecule has 0 atom stereocenters. The summed E-state index contributed by atoms with van der Waals surface area (Å²) < 4.78 is 0. The standard InChI is InChI=1S/C14H20O/c1-10(2)14(11(3)4)13-8-6-5-7-12(13)9-15/h5-11,14H,1-4H3. The maximum Gasteiger partial charge on any atom is 0.150 e. The Balaban J connectivity index is 3.16. The smallest absolute Gasteiger partial charge is 0.150 e. The molecule has 1 aromatic rings. The molecule has 0 aliphatic rings. The van der Waals surface area contributed by atoms with E-state index in [1.165, 1.54) is 5.56 Å². The summed E-state index contributed by atoms with van der Waals surface area (Å²) in [6.07, 6.45) is 0.965. The van der Waals surface area contributed by atoms with Gasteiger partial charge in [-0.1, -0.05) is 52.0 Å². The second kappa shape index (κ2) is 5.11. The lowest BCUT2D eigenvalue weighted by atomic mass is 9.78. The molecule has 0 heterocycles. The molecule has 1 nitrogen and oxygen atoms in total. The van der Waals surface area contributed by atoms with Gasteiger partial charge in [-0.05, 0) is 23.3 Å². The van der Waals surface area contributed by atoms with E-state index >= 15 is 0 Å². The highest BCUT2D eigenvalue weighted by atomic mass is 16.1. The van der Waals surface area contributed by atoms with Crippen LogP contribution >= 0.6 is 0 Å². The van der Waals surface area contributed by atoms with Gasteiger partial charge in [0.2, 0.25) is 0 Å². The minimum absolute atomic E-state index is 0.464. The van der Waals surface area contributed by atoms with E-state index in [-0.39, 0.29) is 0 Å². The molecule has 15 heavy (non-hydrogen) atoms. The van der Waals surface area contributed by atoms with Crippen molar-refractivity contribution in [1.29, 1.82) is 0 Å². The van der Waals surface area contributed by atoms with Gasteiger partial charge in [-0.2, -0.15) is 0 Å². The van der Waals surface area contributed by atoms with Crippen molar-refractivity contribution in [3.8, 4) is 0 Å². The fourth-order valence-corrected chi connectivity index (χ4v) is 2.41. The highest BCUT2D eigenvalue weighted by Gasteiger charge is 2.21. The number of aldehydes is 1. The Kier molecular flexibility index (Phi) is 4.07. The first-order valence-electron chi connectivity index (χ1n) is 5.62. The van der Waals surface area contributed by atoms with Gasteiger partial charge in [0.05, 0.1) is 0 Å². The van der Waals surface area contributed by atoms with Crippen LogP contribution < -0.4 is 0 Å². The average Bonchev–Trinajstić information content (AvgIpc) is 2.17. The topological polar surface area (TPSA) is 17.1 Å². The average molecular weight is 204 g/mol. The molecule has 1 rings (SSSR count). The Morgan fingerprint density at radius 1 is 1.00 bits per heavy atom. The molecule has 0 amide bonds. The molecule has 0 aliphatic carbocycles. The van der Waals surface area contributed by atoms with E-state index in [0.717, 1.165) is 11.8 Å². The van der Waals surface area contributed by atoms with Crippen molar-refractivity contribution < 1.29 is 4.79 Å². The molecule has 1 aromatic carbocycles. The molecule has 0 unspecified atom stereocenters. The van der Waals surface area contributed by atoms with Gasteiger partial charge in [0.15, 0.2) is 0 Å². The van der Waals surface area contributed by atoms with Crippen LogP contribution in [0.2, 0.25) is 0 Å². The van der Waals surface area contributed by atoms with Gasteiger partial charge in [0.25, 0.3) is 0 Å². The van der Waals surface area contributed by atoms with Gasteiger partial charge in [-0.15, -0.1) is 0 Å². The molecule has 0 spiro atoms. The number of hydrogen-bond donors (Lipinski definition) is 0. The molecular weight excluding hydrogens is 184 g/mol. The predicted octanol–water partition coefficient (Wildman–Crippen LogP) is 3.89. The summed E-state index contributed by atoms with van der Waals surface area (Å²) in [7, 11) is 0. The Labute approximate surface area is 92.5 Å². The van der Waals surface area contributed by atoms with Crippen LogP contribution in [-0.4, -0.2) is 6.29 Å². The van der Waals surface area contributed by atoms with Crippen molar-refractivity contribution >= 4 is 6.29 Å². The summed E-state index contributed by atoms with van der Waals surface area (Å²) >= 11 is 0. The summed E-state index contributed by atoms with van der Waals surface area (Å²) in [5.41, 5.74) is 2.03. The van der Waals surface area contributed by atoms with Crippen molar-refractivity contribution in [2.75, 3.05) is 0 Å². The Morgan fingerprint density at radius 3 is 2.00 bits per heavy atom. The minimum Gasteiger partial charge on any atom is -0.298 e. The maximum absolute atomic E-state index is 11.0. The van der Waals surface area contributed by atoms with Crippen molar-refractivity contribution in [3.05, 3.63) is 35.4 Å². The summed E-state index contributed by atoms with van der Waals surface area (Å²) in [5, 5.41) is 0. The molecule has 0 saturated carbocycles. The van der Waals surface area contributed by atoms with Crippen molar-refractivity contribution in [2.45, 2.75) is 33.6 Å². The number of carbonyl (C=O) groups is 1. The Bertz CT molecular complexity index is 318. The van der Waals surface area contributed by atoms with Gasteiger partial charge in [0.1, 0.15) is 6.29 Å². The quantitative estimate of drug-likeness (QED) is 0.680. The first-order chi connectivity index (χ1) is 7.07. The molecule has 0 bridgehead atoms. The monoisotopic (exact) mass is 204 g/mol. The molecule has 0 saturated heterocycles. The maximum atomic E-state index is 11.0. The highest BCUT2D eigenvalue weighted by Crippen LogP contribution is 2.33. The van der Waals surface area contributed by atoms with Crippen LogP contribution in [0.4, 0.5) is 0 Å². The van der Waals surface area contributed by atoms with Gasteiger partial charge < -0.3 is 0 Å². The summed E-state index contributed by atoms with van der Waals surface area (Å²) in [6.45, 7) is 8.86. The van der Waals surface area contributed by atoms with Crippen molar-refractivity contribution in [1.82, 2.24) is 0 Å². The lowest BCUT2D eigenvalue weighted by Gasteiger charge is -2.26. The number of carbonyl (C=O) groups excluding carboxylic acids is 1. The highest BCUT2D eigenvalue weighted by molar-refractivity contribution is 5.77. The van der Waals surface area contributed by atoms with E-state index in [9.17, 15) is 4.79 Å². The van der Waals surface area contributed by atoms with Crippen LogP contribution in [0.25, 0.3) is 0 Å². The normalized spacial score (nSPS) is 11.4. The molecule has 1 heteroatoms. The Morgan fingerprint density at radius 2 is 1.53 bits per heavy atom. The lowest BCUT2D eigenvalue weighted by Crippen LogP contribution is -2.15. The van der Waals surface area contributed by atoms with Crippen LogP contribution in [0, 0.1) is 11.8 Å². The molecule has 0 N–H and O–H groups in total. The van der Waals surface area contributed by atoms with Crippen LogP contribution in [0.5, 0.6) is 0 Å². The second-order valence-corrected chi connectivity index (χ2v) is 4.76. The third-order valence-electron chi connectivity index (χ3n) is 2.92. The summed E-state index contributed by atoms with van der Waals surface area (Å²) in [5.74, 6) is 1.59. The van der Waals surface area contributed by atoms with E-state index in [1.807, 2.05) is 18.2 Å². The number of rotatable bonds is 4. The van der Waals surface area contributed by atoms with Crippen LogP contribution in [-0.2, 0) is 0 Å². The molecule has 0 aromatic heterocycles. The summed E-state index contributed by atoms with van der Waals surface area (Å²) in [6, 6.07) is 7.92. The summed E-state index contributed by atoms with van der Waals surface area (Å²) in [4.78, 5) is 11.0. The minimum atomic E-state index is 0.464. The Hall–Kier alpha value is -1.11. The predicted molar refractivity (Wildman–Crippen MR) is 64.2 cm³/mol. The van der Waals surface area contributed by atoms with Gasteiger partial charge in [-0.3, -0.25) is 4.79 Å². The van der Waals surface area contributed by atoms with Crippen LogP contribution in [0.3, 0.4) is 0 Å². The first kappa shape index (κ1) is 12.0. The van der Waals surface area contributed by atoms with Crippen LogP contribution in [0.15, 0.2) is 24.3 Å². The fourth-order valence-electron chi connectivity index (χ4n) is 2.41. The zero-order chi connectivity index (χ0) is 11.4. The number of benzene rings is 1. The molecular formula is C14H20O. The van der Waals surface area contributed by atoms with Crippen molar-refractivity contribution in [2.24, 2.45) is 11.8 Å². The third-order valence-corrected chi connectivity index (χ3v) is 2.92. The fraction of sp³-hybridized carbons (Fsp3) is 0.500. The molecule has 0 aliphatic heterocycles. The van der Waals surface area contributed by atoms with Gasteiger partial charge >= 0.3 is 0 Å². The molecule has 0 radical (unpaired) electrons. The SMILES string of the molecule is CC(C)C(c1ccccc1C=O)C(C)C. The zero-order valence-corrected chi connectivity index (χ0v) is 10.0. The lowest BCUT2D eigenvalue weighted by molar-refractivity contribution is 0.112. The van der Waals surface area contributed by atoms with E-state index < -0.39 is 0 Å². The number of hydrogen-bond acceptors (Lipinski definition) is 1. The van der Waals surface area contributed by atoms with E-state index in [1.54, 1.807) is 0 Å². The van der Waals surface area contributed by atoms with E-state index in [4.69, 9.17) is 0 Å². The zero-order valence-electron chi connectivity index (χ0n) is 10.0. The van der Waals surface area contributed by atoms with E-state index in [2.05, 4.69) is 33.8 Å². The van der Waals surface area contributed by atoms with Crippen LogP contribution in [0.1, 0.15) is 49.5 Å². The largest absolute Gasteiger partial charge is 0.298 e. The third kappa shape index (κ3) is 2.68. The van der Waals surface area contributed by atoms with Crippen molar-refractivity contribution in [3.63, 3.8) is 0 Å². The van der Waals surface area contributed by atoms with Gasteiger partial charge in [0, 0.05) is 5.56 Å².